The van der Waals surface area contributed by atoms with Crippen molar-refractivity contribution >= 4 is 0 Å². The Morgan fingerprint density at radius 3 is 2.54 bits per heavy atom. The monoisotopic (exact) mass is 196 g/mol. The number of nitrogens with zero attached hydrogens (tertiary/aromatic N) is 2. The Morgan fingerprint density at radius 1 is 1.54 bits per heavy atom. The zero-order valence-electron chi connectivity index (χ0n) is 6.85. The minimum absolute atomic E-state index is 0.608. The molecule has 13 heavy (non-hydrogen) atoms. The lowest BCUT2D eigenvalue weighted by Crippen LogP contribution is -2.07. The molecule has 74 valence electrons. The molecule has 0 aliphatic heterocycles. The average molecular weight is 196 g/mol. The van der Waals surface area contributed by atoms with Crippen molar-refractivity contribution in [2.24, 2.45) is 0 Å². The molecule has 1 heterocycles. The van der Waals surface area contributed by atoms with Gasteiger partial charge in [-0.1, -0.05) is 0 Å². The summed E-state index contributed by atoms with van der Waals surface area (Å²) >= 11 is 0. The maximum Gasteiger partial charge on any atom is 0.434 e. The van der Waals surface area contributed by atoms with Crippen LogP contribution in [0, 0.1) is 0 Å². The van der Waals surface area contributed by atoms with Crippen LogP contribution in [0.3, 0.4) is 0 Å². The molecule has 0 aromatic carbocycles. The number of halogens is 4. The van der Waals surface area contributed by atoms with Crippen molar-refractivity contribution in [1.29, 1.82) is 0 Å². The van der Waals surface area contributed by atoms with E-state index in [1.807, 2.05) is 0 Å². The molecule has 6 heteroatoms. The Morgan fingerprint density at radius 2 is 2.15 bits per heavy atom. The number of rotatable bonds is 2. The normalized spacial score (nSPS) is 14.5. The molecule has 1 aromatic rings. The van der Waals surface area contributed by atoms with Gasteiger partial charge >= 0.3 is 6.18 Å². The van der Waals surface area contributed by atoms with E-state index in [1.54, 1.807) is 0 Å². The van der Waals surface area contributed by atoms with Gasteiger partial charge in [0.1, 0.15) is 6.67 Å². The lowest BCUT2D eigenvalue weighted by Gasteiger charge is -2.06. The number of imidazole rings is 1. The predicted octanol–water partition coefficient (Wildman–Crippen LogP) is 2.43. The summed E-state index contributed by atoms with van der Waals surface area (Å²) < 4.78 is 49.1. The summed E-state index contributed by atoms with van der Waals surface area (Å²) in [6, 6.07) is -0.608. The molecule has 0 amide bonds. The lowest BCUT2D eigenvalue weighted by molar-refractivity contribution is -0.141. The number of hydrogen-bond donors (Lipinski definition) is 0. The summed E-state index contributed by atoms with van der Waals surface area (Å²) in [4.78, 5) is 3.13. The molecular weight excluding hydrogens is 188 g/mol. The molecule has 0 spiro atoms. The van der Waals surface area contributed by atoms with E-state index in [1.165, 1.54) is 6.92 Å². The summed E-state index contributed by atoms with van der Waals surface area (Å²) in [5.41, 5.74) is -0.993. The summed E-state index contributed by atoms with van der Waals surface area (Å²) in [5, 5.41) is 0. The molecule has 0 saturated carbocycles. The van der Waals surface area contributed by atoms with Gasteiger partial charge in [-0.15, -0.1) is 0 Å². The van der Waals surface area contributed by atoms with Crippen molar-refractivity contribution in [2.45, 2.75) is 19.1 Å². The predicted molar refractivity (Wildman–Crippen MR) is 37.9 cm³/mol. The Bertz CT molecular complexity index is 278. The van der Waals surface area contributed by atoms with Crippen LogP contribution in [0.25, 0.3) is 0 Å². The van der Waals surface area contributed by atoms with Crippen LogP contribution in [-0.4, -0.2) is 16.2 Å². The molecule has 0 radical (unpaired) electrons. The minimum Gasteiger partial charge on any atom is -0.331 e. The molecular formula is C7H8F4N2. The first kappa shape index (κ1) is 10.0. The standard InChI is InChI=1S/C7H8F4N2/c1-5(2-8)13-3-6(12-4-13)7(9,10)11/h3-5H,2H2,1H3. The van der Waals surface area contributed by atoms with Gasteiger partial charge in [-0.3, -0.25) is 0 Å². The highest BCUT2D eigenvalue weighted by molar-refractivity contribution is 5.02. The van der Waals surface area contributed by atoms with E-state index in [0.717, 1.165) is 17.1 Å². The van der Waals surface area contributed by atoms with Crippen LogP contribution in [0.4, 0.5) is 17.6 Å². The Hall–Kier alpha value is -1.07. The molecule has 0 saturated heterocycles. The van der Waals surface area contributed by atoms with Crippen LogP contribution in [0.5, 0.6) is 0 Å². The molecule has 0 fully saturated rings. The van der Waals surface area contributed by atoms with Crippen LogP contribution in [-0.2, 0) is 6.18 Å². The number of hydrogen-bond acceptors (Lipinski definition) is 1. The van der Waals surface area contributed by atoms with E-state index in [0.29, 0.717) is 0 Å². The number of alkyl halides is 4. The summed E-state index contributed by atoms with van der Waals surface area (Å²) in [6.07, 6.45) is -2.68. The molecule has 1 aromatic heterocycles. The van der Waals surface area contributed by atoms with Gasteiger partial charge < -0.3 is 4.57 Å². The fraction of sp³-hybridized carbons (Fsp3) is 0.571. The zero-order chi connectivity index (χ0) is 10.1. The molecule has 1 rings (SSSR count). The fourth-order valence-corrected chi connectivity index (χ4v) is 0.804. The molecule has 0 aliphatic rings. The highest BCUT2D eigenvalue weighted by Crippen LogP contribution is 2.27. The van der Waals surface area contributed by atoms with Gasteiger partial charge in [-0.25, -0.2) is 9.37 Å². The zero-order valence-corrected chi connectivity index (χ0v) is 6.85. The maximum absolute atomic E-state index is 12.0. The van der Waals surface area contributed by atoms with Crippen molar-refractivity contribution < 1.29 is 17.6 Å². The van der Waals surface area contributed by atoms with E-state index >= 15 is 0 Å². The van der Waals surface area contributed by atoms with Gasteiger partial charge in [0.05, 0.1) is 12.4 Å². The van der Waals surface area contributed by atoms with Gasteiger partial charge in [0.25, 0.3) is 0 Å². The SMILES string of the molecule is CC(CF)n1cnc(C(F)(F)F)c1. The van der Waals surface area contributed by atoms with Gasteiger partial charge in [-0.2, -0.15) is 13.2 Å². The molecule has 1 atom stereocenters. The third-order valence-electron chi connectivity index (χ3n) is 1.62. The second-order valence-electron chi connectivity index (χ2n) is 2.71. The molecule has 2 nitrogen and oxygen atoms in total. The highest BCUT2D eigenvalue weighted by atomic mass is 19.4. The Labute approximate surface area is 72.2 Å². The fourth-order valence-electron chi connectivity index (χ4n) is 0.804. The highest BCUT2D eigenvalue weighted by Gasteiger charge is 2.33. The first-order valence-electron chi connectivity index (χ1n) is 3.61. The first-order chi connectivity index (χ1) is 5.95. The van der Waals surface area contributed by atoms with Gasteiger partial charge in [0.15, 0.2) is 5.69 Å². The topological polar surface area (TPSA) is 17.8 Å². The van der Waals surface area contributed by atoms with Crippen molar-refractivity contribution in [3.8, 4) is 0 Å². The second kappa shape index (κ2) is 3.35. The first-order valence-corrected chi connectivity index (χ1v) is 3.61. The smallest absolute Gasteiger partial charge is 0.331 e. The van der Waals surface area contributed by atoms with Crippen molar-refractivity contribution in [2.75, 3.05) is 6.67 Å². The minimum atomic E-state index is -4.46. The molecule has 0 N–H and O–H groups in total. The largest absolute Gasteiger partial charge is 0.434 e. The molecule has 1 unspecified atom stereocenters. The summed E-state index contributed by atoms with van der Waals surface area (Å²) in [6.45, 7) is 0.759. The summed E-state index contributed by atoms with van der Waals surface area (Å²) in [7, 11) is 0. The van der Waals surface area contributed by atoms with E-state index in [4.69, 9.17) is 0 Å². The Kier molecular flexibility index (Phi) is 2.58. The van der Waals surface area contributed by atoms with Crippen LogP contribution >= 0.6 is 0 Å². The second-order valence-corrected chi connectivity index (χ2v) is 2.71. The van der Waals surface area contributed by atoms with Crippen LogP contribution in [0.1, 0.15) is 18.7 Å². The van der Waals surface area contributed by atoms with Gasteiger partial charge in [0, 0.05) is 6.20 Å². The van der Waals surface area contributed by atoms with Crippen LogP contribution in [0.2, 0.25) is 0 Å². The third-order valence-corrected chi connectivity index (χ3v) is 1.62. The van der Waals surface area contributed by atoms with E-state index in [-0.39, 0.29) is 0 Å². The molecule has 0 bridgehead atoms. The number of aromatic nitrogens is 2. The van der Waals surface area contributed by atoms with E-state index in [2.05, 4.69) is 4.98 Å². The van der Waals surface area contributed by atoms with Crippen LogP contribution in [0.15, 0.2) is 12.5 Å². The average Bonchev–Trinajstić information content (AvgIpc) is 2.50. The van der Waals surface area contributed by atoms with Gasteiger partial charge in [-0.05, 0) is 6.92 Å². The van der Waals surface area contributed by atoms with Crippen molar-refractivity contribution in [1.82, 2.24) is 9.55 Å². The van der Waals surface area contributed by atoms with E-state index in [9.17, 15) is 17.6 Å². The third kappa shape index (κ3) is 2.19. The molecule has 0 aliphatic carbocycles. The Balaban J connectivity index is 2.87. The van der Waals surface area contributed by atoms with E-state index < -0.39 is 24.6 Å². The lowest BCUT2D eigenvalue weighted by atomic mass is 10.4. The van der Waals surface area contributed by atoms with Crippen molar-refractivity contribution in [3.05, 3.63) is 18.2 Å². The van der Waals surface area contributed by atoms with Crippen LogP contribution < -0.4 is 0 Å². The quantitative estimate of drug-likeness (QED) is 0.664. The summed E-state index contributed by atoms with van der Waals surface area (Å²) in [5.74, 6) is 0. The van der Waals surface area contributed by atoms with Gasteiger partial charge in [0.2, 0.25) is 0 Å². The van der Waals surface area contributed by atoms with Crippen molar-refractivity contribution in [3.63, 3.8) is 0 Å². The maximum atomic E-state index is 12.0.